The summed E-state index contributed by atoms with van der Waals surface area (Å²) in [6.07, 6.45) is 10.2. The van der Waals surface area contributed by atoms with E-state index in [4.69, 9.17) is 25.8 Å². The zero-order valence-corrected chi connectivity index (χ0v) is 20.9. The van der Waals surface area contributed by atoms with Crippen molar-refractivity contribution in [1.29, 1.82) is 0 Å². The van der Waals surface area contributed by atoms with Gasteiger partial charge in [0.2, 0.25) is 12.7 Å². The summed E-state index contributed by atoms with van der Waals surface area (Å²) in [4.78, 5) is 17.9. The van der Waals surface area contributed by atoms with Crippen LogP contribution in [0.4, 0.5) is 0 Å². The molecule has 3 heterocycles. The topological polar surface area (TPSA) is 63.3 Å². The molecule has 7 nitrogen and oxygen atoms in total. The molecule has 0 spiro atoms. The van der Waals surface area contributed by atoms with E-state index in [0.717, 1.165) is 63.5 Å². The van der Waals surface area contributed by atoms with Crippen molar-refractivity contribution in [1.82, 2.24) is 15.1 Å². The van der Waals surface area contributed by atoms with E-state index in [9.17, 15) is 4.79 Å². The number of carbonyl (C=O) groups is 1. The predicted molar refractivity (Wildman–Crippen MR) is 131 cm³/mol. The fourth-order valence-corrected chi connectivity index (χ4v) is 6.43. The average molecular weight is 492 g/mol. The Morgan fingerprint density at radius 2 is 1.79 bits per heavy atom. The quantitative estimate of drug-likeness (QED) is 0.438. The SMILES string of the molecule is O=C1CC[C@@H](CCNCc2cc3c(cc2Cl)OCO3)N1CC1(N2CCOCC2)CCCCCC1. The molecular weight excluding hydrogens is 454 g/mol. The first-order chi connectivity index (χ1) is 16.6. The Balaban J connectivity index is 1.19. The molecule has 3 fully saturated rings. The van der Waals surface area contributed by atoms with Crippen LogP contribution < -0.4 is 14.8 Å². The van der Waals surface area contributed by atoms with Crippen LogP contribution in [0.2, 0.25) is 5.02 Å². The lowest BCUT2D eigenvalue weighted by molar-refractivity contribution is -0.132. The number of nitrogens with one attached hydrogen (secondary N) is 1. The second kappa shape index (κ2) is 11.0. The van der Waals surface area contributed by atoms with E-state index < -0.39 is 0 Å². The number of hydrogen-bond acceptors (Lipinski definition) is 6. The lowest BCUT2D eigenvalue weighted by atomic mass is 9.86. The lowest BCUT2D eigenvalue weighted by Crippen LogP contribution is -2.59. The average Bonchev–Trinajstić information content (AvgIpc) is 3.35. The van der Waals surface area contributed by atoms with Crippen molar-refractivity contribution >= 4 is 17.5 Å². The van der Waals surface area contributed by atoms with Gasteiger partial charge in [-0.1, -0.05) is 37.3 Å². The molecule has 5 rings (SSSR count). The van der Waals surface area contributed by atoms with Gasteiger partial charge < -0.3 is 24.4 Å². The number of morpholine rings is 1. The first kappa shape index (κ1) is 24.2. The zero-order chi connectivity index (χ0) is 23.4. The van der Waals surface area contributed by atoms with Gasteiger partial charge in [0.1, 0.15) is 0 Å². The Bertz CT molecular complexity index is 853. The summed E-state index contributed by atoms with van der Waals surface area (Å²) in [6, 6.07) is 4.10. The number of halogens is 1. The molecule has 8 heteroatoms. The lowest BCUT2D eigenvalue weighted by Gasteiger charge is -2.48. The highest BCUT2D eigenvalue weighted by atomic mass is 35.5. The van der Waals surface area contributed by atoms with Gasteiger partial charge in [-0.05, 0) is 43.9 Å². The summed E-state index contributed by atoms with van der Waals surface area (Å²) in [6.45, 7) is 6.26. The highest BCUT2D eigenvalue weighted by Gasteiger charge is 2.43. The Kier molecular flexibility index (Phi) is 7.83. The number of fused-ring (bicyclic) bond motifs is 1. The smallest absolute Gasteiger partial charge is 0.231 e. The number of likely N-dealkylation sites (tertiary alicyclic amines) is 1. The molecule has 4 aliphatic rings. The molecule has 0 unspecified atom stereocenters. The van der Waals surface area contributed by atoms with Gasteiger partial charge in [-0.3, -0.25) is 9.69 Å². The summed E-state index contributed by atoms with van der Waals surface area (Å²) >= 11 is 6.43. The normalized spacial score (nSPS) is 25.0. The summed E-state index contributed by atoms with van der Waals surface area (Å²) < 4.78 is 16.5. The van der Waals surface area contributed by atoms with E-state index in [0.29, 0.717) is 35.7 Å². The molecule has 1 aromatic carbocycles. The maximum absolute atomic E-state index is 13.0. The van der Waals surface area contributed by atoms with Gasteiger partial charge >= 0.3 is 0 Å². The number of amides is 1. The van der Waals surface area contributed by atoms with Crippen molar-refractivity contribution < 1.29 is 19.0 Å². The molecule has 0 aromatic heterocycles. The highest BCUT2D eigenvalue weighted by molar-refractivity contribution is 6.31. The van der Waals surface area contributed by atoms with Gasteiger partial charge in [0.15, 0.2) is 11.5 Å². The van der Waals surface area contributed by atoms with E-state index >= 15 is 0 Å². The van der Waals surface area contributed by atoms with E-state index in [1.807, 2.05) is 12.1 Å². The third kappa shape index (κ3) is 5.32. The second-order valence-electron chi connectivity index (χ2n) is 10.2. The van der Waals surface area contributed by atoms with Crippen LogP contribution in [-0.4, -0.2) is 73.5 Å². The van der Waals surface area contributed by atoms with Crippen LogP contribution in [-0.2, 0) is 16.1 Å². The standard InChI is InChI=1S/C26H38ClN3O4/c27-22-16-24-23(33-19-34-24)15-20(22)17-28-10-7-21-5-6-25(31)30(21)18-26(8-3-1-2-4-9-26)29-11-13-32-14-12-29/h15-16,21,28H,1-14,17-19H2/t21-/m0/s1. The van der Waals surface area contributed by atoms with Crippen molar-refractivity contribution in [3.05, 3.63) is 22.7 Å². The third-order valence-corrected chi connectivity index (χ3v) is 8.50. The fraction of sp³-hybridized carbons (Fsp3) is 0.731. The molecule has 1 atom stereocenters. The molecule has 1 aromatic rings. The summed E-state index contributed by atoms with van der Waals surface area (Å²) in [7, 11) is 0. The van der Waals surface area contributed by atoms with Gasteiger partial charge in [-0.15, -0.1) is 0 Å². The predicted octanol–water partition coefficient (Wildman–Crippen LogP) is 3.96. The van der Waals surface area contributed by atoms with Gasteiger partial charge in [-0.2, -0.15) is 0 Å². The minimum atomic E-state index is 0.117. The first-order valence-corrected chi connectivity index (χ1v) is 13.4. The Hall–Kier alpha value is -1.54. The monoisotopic (exact) mass is 491 g/mol. The number of nitrogens with zero attached hydrogens (tertiary/aromatic N) is 2. The van der Waals surface area contributed by atoms with E-state index in [2.05, 4.69) is 15.1 Å². The number of ether oxygens (including phenoxy) is 3. The molecule has 0 bridgehead atoms. The Morgan fingerprint density at radius 1 is 1.06 bits per heavy atom. The number of hydrogen-bond donors (Lipinski definition) is 1. The van der Waals surface area contributed by atoms with Crippen molar-refractivity contribution in [3.63, 3.8) is 0 Å². The van der Waals surface area contributed by atoms with Crippen molar-refractivity contribution in [2.24, 2.45) is 0 Å². The third-order valence-electron chi connectivity index (χ3n) is 8.14. The maximum Gasteiger partial charge on any atom is 0.231 e. The second-order valence-corrected chi connectivity index (χ2v) is 10.6. The molecule has 1 aliphatic carbocycles. The molecule has 1 saturated carbocycles. The van der Waals surface area contributed by atoms with Crippen LogP contribution >= 0.6 is 11.6 Å². The van der Waals surface area contributed by atoms with Crippen LogP contribution in [0.15, 0.2) is 12.1 Å². The Labute approximate surface area is 208 Å². The molecule has 188 valence electrons. The summed E-state index contributed by atoms with van der Waals surface area (Å²) in [5, 5.41) is 4.23. The Morgan fingerprint density at radius 3 is 2.56 bits per heavy atom. The molecule has 1 N–H and O–H groups in total. The van der Waals surface area contributed by atoms with Crippen molar-refractivity contribution in [3.8, 4) is 11.5 Å². The van der Waals surface area contributed by atoms with Crippen LogP contribution in [0, 0.1) is 0 Å². The zero-order valence-electron chi connectivity index (χ0n) is 20.2. The molecule has 1 amide bonds. The van der Waals surface area contributed by atoms with Crippen LogP contribution in [0.5, 0.6) is 11.5 Å². The first-order valence-electron chi connectivity index (χ1n) is 13.1. The molecule has 34 heavy (non-hydrogen) atoms. The van der Waals surface area contributed by atoms with Crippen LogP contribution in [0.3, 0.4) is 0 Å². The largest absolute Gasteiger partial charge is 0.454 e. The fourth-order valence-electron chi connectivity index (χ4n) is 6.21. The van der Waals surface area contributed by atoms with Crippen molar-refractivity contribution in [2.75, 3.05) is 46.2 Å². The summed E-state index contributed by atoms with van der Waals surface area (Å²) in [5.41, 5.74) is 1.13. The molecule has 2 saturated heterocycles. The molecular formula is C26H38ClN3O4. The maximum atomic E-state index is 13.0. The molecule has 0 radical (unpaired) electrons. The van der Waals surface area contributed by atoms with E-state index in [-0.39, 0.29) is 12.3 Å². The van der Waals surface area contributed by atoms with Crippen molar-refractivity contribution in [2.45, 2.75) is 75.9 Å². The molecule has 3 aliphatic heterocycles. The number of benzene rings is 1. The number of carbonyl (C=O) groups excluding carboxylic acids is 1. The van der Waals surface area contributed by atoms with Gasteiger partial charge in [0, 0.05) is 55.3 Å². The minimum absolute atomic E-state index is 0.117. The van der Waals surface area contributed by atoms with Gasteiger partial charge in [0.05, 0.1) is 13.2 Å². The minimum Gasteiger partial charge on any atom is -0.454 e. The highest BCUT2D eigenvalue weighted by Crippen LogP contribution is 2.38. The summed E-state index contributed by atoms with van der Waals surface area (Å²) in [5.74, 6) is 1.80. The number of rotatable bonds is 8. The van der Waals surface area contributed by atoms with Crippen LogP contribution in [0.25, 0.3) is 0 Å². The van der Waals surface area contributed by atoms with Crippen LogP contribution in [0.1, 0.15) is 63.4 Å². The van der Waals surface area contributed by atoms with E-state index in [1.54, 1.807) is 0 Å². The van der Waals surface area contributed by atoms with E-state index in [1.165, 1.54) is 38.5 Å². The van der Waals surface area contributed by atoms with Gasteiger partial charge in [0.25, 0.3) is 0 Å². The van der Waals surface area contributed by atoms with Gasteiger partial charge in [-0.25, -0.2) is 0 Å².